The number of carbonyl (C=O) groups excluding carboxylic acids is 1. The highest BCUT2D eigenvalue weighted by molar-refractivity contribution is 7.15. The van der Waals surface area contributed by atoms with Gasteiger partial charge in [-0.25, -0.2) is 4.98 Å². The lowest BCUT2D eigenvalue weighted by Crippen LogP contribution is -2.12. The molecule has 0 saturated carbocycles. The molecule has 6 heteroatoms. The van der Waals surface area contributed by atoms with Crippen molar-refractivity contribution in [1.29, 1.82) is 0 Å². The molecule has 0 unspecified atom stereocenters. The Labute approximate surface area is 152 Å². The van der Waals surface area contributed by atoms with E-state index in [0.29, 0.717) is 19.4 Å². The van der Waals surface area contributed by atoms with E-state index < -0.39 is 0 Å². The predicted molar refractivity (Wildman–Crippen MR) is 99.7 cm³/mol. The fourth-order valence-corrected chi connectivity index (χ4v) is 3.92. The van der Waals surface area contributed by atoms with Crippen LogP contribution in [0.1, 0.15) is 42.7 Å². The van der Waals surface area contributed by atoms with Crippen molar-refractivity contribution in [3.8, 4) is 11.5 Å². The summed E-state index contributed by atoms with van der Waals surface area (Å²) in [6.07, 6.45) is 6.94. The Morgan fingerprint density at radius 2 is 1.92 bits per heavy atom. The summed E-state index contributed by atoms with van der Waals surface area (Å²) in [5, 5.41) is 3.67. The molecule has 5 nitrogen and oxygen atoms in total. The molecule has 1 aromatic carbocycles. The monoisotopic (exact) mass is 360 g/mol. The number of methoxy groups -OCH3 is 1. The number of hydrogen-bond donors (Lipinski definition) is 1. The van der Waals surface area contributed by atoms with E-state index in [1.165, 1.54) is 29.8 Å². The van der Waals surface area contributed by atoms with E-state index in [1.807, 2.05) is 24.3 Å². The Balaban J connectivity index is 1.39. The fraction of sp³-hybridized carbons (Fsp3) is 0.474. The molecule has 0 spiro atoms. The highest BCUT2D eigenvalue weighted by Gasteiger charge is 2.15. The van der Waals surface area contributed by atoms with Crippen LogP contribution in [-0.4, -0.2) is 24.6 Å². The minimum absolute atomic E-state index is 0.00207. The van der Waals surface area contributed by atoms with Gasteiger partial charge in [0.1, 0.15) is 11.5 Å². The Hall–Kier alpha value is -2.08. The van der Waals surface area contributed by atoms with Gasteiger partial charge in [-0.3, -0.25) is 4.79 Å². The van der Waals surface area contributed by atoms with E-state index in [1.54, 1.807) is 18.4 Å². The van der Waals surface area contributed by atoms with Crippen LogP contribution in [0.4, 0.5) is 5.13 Å². The van der Waals surface area contributed by atoms with Crippen molar-refractivity contribution in [3.63, 3.8) is 0 Å². The van der Waals surface area contributed by atoms with Crippen LogP contribution in [0.3, 0.4) is 0 Å². The molecule has 0 radical (unpaired) electrons. The van der Waals surface area contributed by atoms with Crippen molar-refractivity contribution in [2.45, 2.75) is 44.9 Å². The third kappa shape index (κ3) is 5.19. The third-order valence-corrected chi connectivity index (χ3v) is 5.29. The van der Waals surface area contributed by atoms with E-state index in [0.717, 1.165) is 29.5 Å². The minimum atomic E-state index is 0.00207. The summed E-state index contributed by atoms with van der Waals surface area (Å²) in [5.41, 5.74) is 1.18. The molecule has 0 bridgehead atoms. The lowest BCUT2D eigenvalue weighted by molar-refractivity contribution is -0.116. The number of thiazole rings is 1. The van der Waals surface area contributed by atoms with Gasteiger partial charge >= 0.3 is 0 Å². The third-order valence-electron chi connectivity index (χ3n) is 4.22. The molecule has 1 aromatic heterocycles. The zero-order valence-electron chi connectivity index (χ0n) is 14.5. The summed E-state index contributed by atoms with van der Waals surface area (Å²) in [6, 6.07) is 7.44. The van der Waals surface area contributed by atoms with Crippen molar-refractivity contribution >= 4 is 22.4 Å². The lowest BCUT2D eigenvalue weighted by Gasteiger charge is -2.07. The van der Waals surface area contributed by atoms with Crippen molar-refractivity contribution in [2.24, 2.45) is 0 Å². The van der Waals surface area contributed by atoms with Crippen molar-refractivity contribution in [1.82, 2.24) is 4.98 Å². The van der Waals surface area contributed by atoms with Gasteiger partial charge in [0, 0.05) is 11.3 Å². The first-order valence-corrected chi connectivity index (χ1v) is 9.61. The number of benzene rings is 1. The van der Waals surface area contributed by atoms with E-state index in [-0.39, 0.29) is 5.91 Å². The molecular formula is C19H24N2O3S. The van der Waals surface area contributed by atoms with Crippen LogP contribution in [0, 0.1) is 0 Å². The highest BCUT2D eigenvalue weighted by Crippen LogP contribution is 2.29. The SMILES string of the molecule is COc1ccc(OCCCC(=O)Nc2nc3c(s2)CCCCC3)cc1. The Kier molecular flexibility index (Phi) is 6.28. The topological polar surface area (TPSA) is 60.5 Å². The molecule has 0 saturated heterocycles. The molecule has 1 amide bonds. The highest BCUT2D eigenvalue weighted by atomic mass is 32.1. The second-order valence-electron chi connectivity index (χ2n) is 6.13. The van der Waals surface area contributed by atoms with Crippen LogP contribution < -0.4 is 14.8 Å². The number of aromatic nitrogens is 1. The summed E-state index contributed by atoms with van der Waals surface area (Å²) in [7, 11) is 1.63. The quantitative estimate of drug-likeness (QED) is 0.593. The van der Waals surface area contributed by atoms with Crippen LogP contribution in [-0.2, 0) is 17.6 Å². The zero-order chi connectivity index (χ0) is 17.5. The van der Waals surface area contributed by atoms with Gasteiger partial charge in [0.15, 0.2) is 5.13 Å². The predicted octanol–water partition coefficient (Wildman–Crippen LogP) is 4.22. The summed E-state index contributed by atoms with van der Waals surface area (Å²) in [5.74, 6) is 1.58. The van der Waals surface area contributed by atoms with Gasteiger partial charge in [-0.1, -0.05) is 6.42 Å². The van der Waals surface area contributed by atoms with Crippen molar-refractivity contribution in [2.75, 3.05) is 19.0 Å². The first kappa shape index (κ1) is 17.7. The Morgan fingerprint density at radius 3 is 2.72 bits per heavy atom. The number of amides is 1. The molecule has 0 atom stereocenters. The number of nitrogens with one attached hydrogen (secondary N) is 1. The Morgan fingerprint density at radius 1 is 1.16 bits per heavy atom. The molecule has 3 rings (SSSR count). The first-order chi connectivity index (χ1) is 12.2. The number of hydrogen-bond acceptors (Lipinski definition) is 5. The summed E-state index contributed by atoms with van der Waals surface area (Å²) >= 11 is 1.63. The van der Waals surface area contributed by atoms with E-state index in [2.05, 4.69) is 10.3 Å². The van der Waals surface area contributed by atoms with Crippen molar-refractivity contribution in [3.05, 3.63) is 34.8 Å². The van der Waals surface area contributed by atoms with E-state index in [9.17, 15) is 4.79 Å². The summed E-state index contributed by atoms with van der Waals surface area (Å²) in [6.45, 7) is 0.508. The fourth-order valence-electron chi connectivity index (χ4n) is 2.86. The lowest BCUT2D eigenvalue weighted by atomic mass is 10.2. The van der Waals surface area contributed by atoms with Crippen LogP contribution in [0.5, 0.6) is 11.5 Å². The molecule has 0 fully saturated rings. The van der Waals surface area contributed by atoms with Crippen molar-refractivity contribution < 1.29 is 14.3 Å². The van der Waals surface area contributed by atoms with E-state index in [4.69, 9.17) is 9.47 Å². The molecule has 1 N–H and O–H groups in total. The van der Waals surface area contributed by atoms with Gasteiger partial charge in [0.2, 0.25) is 5.91 Å². The number of ether oxygens (including phenoxy) is 2. The molecule has 1 heterocycles. The van der Waals surface area contributed by atoms with Crippen LogP contribution >= 0.6 is 11.3 Å². The standard InChI is InChI=1S/C19H24N2O3S/c1-23-14-9-11-15(12-10-14)24-13-5-8-18(22)21-19-20-16-6-3-2-4-7-17(16)25-19/h9-12H,2-8,13H2,1H3,(H,20,21,22). The Bertz CT molecular complexity index is 674. The number of aryl methyl sites for hydroxylation is 2. The van der Waals surface area contributed by atoms with E-state index >= 15 is 0 Å². The van der Waals surface area contributed by atoms with Crippen LogP contribution in [0.15, 0.2) is 24.3 Å². The molecule has 0 aliphatic heterocycles. The smallest absolute Gasteiger partial charge is 0.226 e. The maximum absolute atomic E-state index is 12.1. The van der Waals surface area contributed by atoms with Crippen LogP contribution in [0.2, 0.25) is 0 Å². The minimum Gasteiger partial charge on any atom is -0.497 e. The maximum atomic E-state index is 12.1. The van der Waals surface area contributed by atoms with Gasteiger partial charge in [-0.05, 0) is 56.4 Å². The molecule has 25 heavy (non-hydrogen) atoms. The summed E-state index contributed by atoms with van der Waals surface area (Å²) in [4.78, 5) is 18.0. The zero-order valence-corrected chi connectivity index (χ0v) is 15.4. The van der Waals surface area contributed by atoms with Crippen LogP contribution in [0.25, 0.3) is 0 Å². The average Bonchev–Trinajstić information content (AvgIpc) is 2.87. The number of rotatable bonds is 7. The van der Waals surface area contributed by atoms with Gasteiger partial charge in [-0.2, -0.15) is 0 Å². The maximum Gasteiger partial charge on any atom is 0.226 e. The summed E-state index contributed by atoms with van der Waals surface area (Å²) < 4.78 is 10.7. The normalized spacial score (nSPS) is 13.6. The van der Waals surface area contributed by atoms with Gasteiger partial charge in [0.05, 0.1) is 19.4 Å². The largest absolute Gasteiger partial charge is 0.497 e. The number of fused-ring (bicyclic) bond motifs is 1. The van der Waals surface area contributed by atoms with Gasteiger partial charge in [0.25, 0.3) is 0 Å². The average molecular weight is 360 g/mol. The molecule has 1 aliphatic rings. The molecular weight excluding hydrogens is 336 g/mol. The first-order valence-electron chi connectivity index (χ1n) is 8.80. The van der Waals surface area contributed by atoms with Gasteiger partial charge < -0.3 is 14.8 Å². The molecule has 134 valence electrons. The number of nitrogens with zero attached hydrogens (tertiary/aromatic N) is 1. The van der Waals surface area contributed by atoms with Gasteiger partial charge in [-0.15, -0.1) is 11.3 Å². The number of carbonyl (C=O) groups is 1. The molecule has 1 aliphatic carbocycles. The molecule has 2 aromatic rings. The number of anilines is 1. The second kappa shape index (κ2) is 8.85. The second-order valence-corrected chi connectivity index (χ2v) is 7.21.